The van der Waals surface area contributed by atoms with Crippen molar-refractivity contribution in [1.82, 2.24) is 9.97 Å². The van der Waals surface area contributed by atoms with Gasteiger partial charge in [0, 0.05) is 11.6 Å². The molecule has 1 N–H and O–H groups in total. The van der Waals surface area contributed by atoms with E-state index < -0.39 is 0 Å². The van der Waals surface area contributed by atoms with Gasteiger partial charge in [-0.2, -0.15) is 0 Å². The zero-order chi connectivity index (χ0) is 10.8. The van der Waals surface area contributed by atoms with Crippen molar-refractivity contribution in [3.8, 4) is 0 Å². The second-order valence-corrected chi connectivity index (χ2v) is 3.12. The normalized spacial score (nSPS) is 11.3. The molecular weight excluding hydrogens is 195 g/mol. The fraction of sp³-hybridized carbons (Fsp3) is 0.0909. The summed E-state index contributed by atoms with van der Waals surface area (Å²) in [5.74, 6) is -0.376. The summed E-state index contributed by atoms with van der Waals surface area (Å²) in [4.78, 5) is 17.7. The Kier molecular flexibility index (Phi) is 2.33. The Morgan fingerprint density at radius 2 is 2.27 bits per heavy atom. The van der Waals surface area contributed by atoms with Crippen LogP contribution in [-0.2, 0) is 0 Å². The van der Waals surface area contributed by atoms with Gasteiger partial charge in [0.25, 0.3) is 5.56 Å². The van der Waals surface area contributed by atoms with E-state index in [2.05, 4.69) is 9.97 Å². The Morgan fingerprint density at radius 3 is 3.00 bits per heavy atom. The molecule has 0 amide bonds. The third-order valence-electron chi connectivity index (χ3n) is 2.11. The maximum absolute atomic E-state index is 13.4. The molecule has 0 aliphatic carbocycles. The Balaban J connectivity index is 2.83. The van der Waals surface area contributed by atoms with Gasteiger partial charge in [-0.25, -0.2) is 9.37 Å². The Morgan fingerprint density at radius 1 is 1.47 bits per heavy atom. The number of nitrogens with zero attached hydrogens (tertiary/aromatic N) is 1. The van der Waals surface area contributed by atoms with Gasteiger partial charge in [0.2, 0.25) is 0 Å². The zero-order valence-corrected chi connectivity index (χ0v) is 8.12. The third kappa shape index (κ3) is 1.66. The molecule has 1 aromatic heterocycles. The number of H-pyrrole nitrogens is 1. The highest BCUT2D eigenvalue weighted by atomic mass is 19.1. The quantitative estimate of drug-likeness (QED) is 0.773. The molecule has 0 aliphatic rings. The van der Waals surface area contributed by atoms with Crippen molar-refractivity contribution >= 4 is 17.0 Å². The zero-order valence-electron chi connectivity index (χ0n) is 8.12. The van der Waals surface area contributed by atoms with Gasteiger partial charge in [-0.05, 0) is 13.0 Å². The first-order valence-electron chi connectivity index (χ1n) is 4.52. The van der Waals surface area contributed by atoms with E-state index in [0.717, 1.165) is 0 Å². The van der Waals surface area contributed by atoms with Crippen LogP contribution in [-0.4, -0.2) is 9.97 Å². The van der Waals surface area contributed by atoms with Crippen LogP contribution in [0.3, 0.4) is 0 Å². The van der Waals surface area contributed by atoms with E-state index in [1.165, 1.54) is 18.5 Å². The van der Waals surface area contributed by atoms with Gasteiger partial charge in [-0.15, -0.1) is 0 Å². The molecule has 3 nitrogen and oxygen atoms in total. The number of fused-ring (bicyclic) bond motifs is 1. The minimum Gasteiger partial charge on any atom is -0.313 e. The largest absolute Gasteiger partial charge is 0.313 e. The lowest BCUT2D eigenvalue weighted by atomic mass is 10.1. The maximum Gasteiger partial charge on any atom is 0.258 e. The van der Waals surface area contributed by atoms with Crippen LogP contribution in [0.25, 0.3) is 17.0 Å². The van der Waals surface area contributed by atoms with Gasteiger partial charge in [-0.3, -0.25) is 4.79 Å². The van der Waals surface area contributed by atoms with E-state index in [9.17, 15) is 9.18 Å². The van der Waals surface area contributed by atoms with Gasteiger partial charge in [0.15, 0.2) is 0 Å². The van der Waals surface area contributed by atoms with Gasteiger partial charge in [-0.1, -0.05) is 12.2 Å². The lowest BCUT2D eigenvalue weighted by Gasteiger charge is -1.99. The van der Waals surface area contributed by atoms with Crippen LogP contribution in [0.4, 0.5) is 4.39 Å². The fourth-order valence-electron chi connectivity index (χ4n) is 1.41. The summed E-state index contributed by atoms with van der Waals surface area (Å²) in [7, 11) is 0. The number of halogens is 1. The van der Waals surface area contributed by atoms with Crippen molar-refractivity contribution in [1.29, 1.82) is 0 Å². The molecule has 0 atom stereocenters. The Hall–Kier alpha value is -1.97. The molecule has 2 rings (SSSR count). The third-order valence-corrected chi connectivity index (χ3v) is 2.11. The first-order chi connectivity index (χ1) is 7.22. The molecule has 4 heteroatoms. The summed E-state index contributed by atoms with van der Waals surface area (Å²) in [5.41, 5.74) is 0.499. The highest BCUT2D eigenvalue weighted by molar-refractivity contribution is 5.80. The number of nitrogens with one attached hydrogen (secondary N) is 1. The van der Waals surface area contributed by atoms with Crippen molar-refractivity contribution in [2.75, 3.05) is 0 Å². The molecule has 1 heterocycles. The highest BCUT2D eigenvalue weighted by Crippen LogP contribution is 2.15. The minimum absolute atomic E-state index is 0.259. The van der Waals surface area contributed by atoms with Crippen LogP contribution in [0.15, 0.2) is 29.3 Å². The molecule has 0 radical (unpaired) electrons. The number of aromatic amines is 1. The SMILES string of the molecule is C/C=C\c1cc2c(=O)[nH]cnc2cc1F. The molecule has 1 aromatic carbocycles. The van der Waals surface area contributed by atoms with Crippen LogP contribution >= 0.6 is 0 Å². The van der Waals surface area contributed by atoms with E-state index in [0.29, 0.717) is 16.5 Å². The Labute approximate surface area is 85.3 Å². The molecule has 0 saturated carbocycles. The van der Waals surface area contributed by atoms with E-state index in [1.54, 1.807) is 19.1 Å². The van der Waals surface area contributed by atoms with E-state index in [-0.39, 0.29) is 11.4 Å². The summed E-state index contributed by atoms with van der Waals surface area (Å²) in [6.45, 7) is 1.79. The van der Waals surface area contributed by atoms with Crippen LogP contribution in [0, 0.1) is 5.82 Å². The minimum atomic E-state index is -0.376. The molecule has 0 aliphatic heterocycles. The van der Waals surface area contributed by atoms with Gasteiger partial charge >= 0.3 is 0 Å². The van der Waals surface area contributed by atoms with Crippen LogP contribution in [0.5, 0.6) is 0 Å². The van der Waals surface area contributed by atoms with Crippen molar-refractivity contribution in [2.45, 2.75) is 6.92 Å². The molecule has 2 aromatic rings. The first kappa shape index (κ1) is 9.58. The smallest absolute Gasteiger partial charge is 0.258 e. The van der Waals surface area contributed by atoms with Crippen LogP contribution in [0.1, 0.15) is 12.5 Å². The van der Waals surface area contributed by atoms with Gasteiger partial charge < -0.3 is 4.98 Å². The van der Waals surface area contributed by atoms with Crippen LogP contribution < -0.4 is 5.56 Å². The molecule has 0 saturated heterocycles. The predicted octanol–water partition coefficient (Wildman–Crippen LogP) is 2.10. The number of rotatable bonds is 1. The van der Waals surface area contributed by atoms with Crippen molar-refractivity contribution in [3.05, 3.63) is 46.3 Å². The highest BCUT2D eigenvalue weighted by Gasteiger charge is 2.05. The second-order valence-electron chi connectivity index (χ2n) is 3.12. The van der Waals surface area contributed by atoms with Crippen molar-refractivity contribution in [3.63, 3.8) is 0 Å². The topological polar surface area (TPSA) is 45.8 Å². The lowest BCUT2D eigenvalue weighted by Crippen LogP contribution is -2.06. The first-order valence-corrected chi connectivity index (χ1v) is 4.52. The molecular formula is C11H9FN2O. The average molecular weight is 204 g/mol. The van der Waals surface area contributed by atoms with Gasteiger partial charge in [0.1, 0.15) is 5.82 Å². The monoisotopic (exact) mass is 204 g/mol. The molecule has 0 unspecified atom stereocenters. The molecule has 0 fully saturated rings. The summed E-state index contributed by atoms with van der Waals surface area (Å²) in [5, 5.41) is 0.395. The summed E-state index contributed by atoms with van der Waals surface area (Å²) in [6.07, 6.45) is 4.59. The molecule has 0 spiro atoms. The summed E-state index contributed by atoms with van der Waals surface area (Å²) in [6, 6.07) is 2.76. The predicted molar refractivity (Wildman–Crippen MR) is 57.0 cm³/mol. The number of benzene rings is 1. The van der Waals surface area contributed by atoms with Crippen molar-refractivity contribution < 1.29 is 4.39 Å². The van der Waals surface area contributed by atoms with Crippen molar-refractivity contribution in [2.24, 2.45) is 0 Å². The Bertz CT molecular complexity index is 587. The fourth-order valence-corrected chi connectivity index (χ4v) is 1.41. The number of hydrogen-bond acceptors (Lipinski definition) is 2. The maximum atomic E-state index is 13.4. The number of allylic oxidation sites excluding steroid dienone is 1. The molecule has 15 heavy (non-hydrogen) atoms. The lowest BCUT2D eigenvalue weighted by molar-refractivity contribution is 0.626. The summed E-state index contributed by atoms with van der Waals surface area (Å²) >= 11 is 0. The second kappa shape index (κ2) is 3.65. The number of aromatic nitrogens is 2. The van der Waals surface area contributed by atoms with Crippen LogP contribution in [0.2, 0.25) is 0 Å². The summed E-state index contributed by atoms with van der Waals surface area (Å²) < 4.78 is 13.4. The standard InChI is InChI=1S/C11H9FN2O/c1-2-3-7-4-8-10(5-9(7)12)13-6-14-11(8)15/h2-6H,1H3,(H,13,14,15)/b3-2-. The van der Waals surface area contributed by atoms with E-state index in [1.807, 2.05) is 0 Å². The molecule has 0 bridgehead atoms. The van der Waals surface area contributed by atoms with E-state index >= 15 is 0 Å². The van der Waals surface area contributed by atoms with Gasteiger partial charge in [0.05, 0.1) is 17.2 Å². The average Bonchev–Trinajstić information content (AvgIpc) is 2.21. The number of hydrogen-bond donors (Lipinski definition) is 1. The van der Waals surface area contributed by atoms with E-state index in [4.69, 9.17) is 0 Å². The molecule has 76 valence electrons.